The standard InChI is InChI=1S/C15H16Cl2N4/c1-8-5-6-11(7-12(8)17)21-14(9(2)16)18-13-10(3)19-20(4)15(13)21/h5-7,9H,1-4H3. The number of alkyl halides is 1. The molecule has 2 aromatic heterocycles. The summed E-state index contributed by atoms with van der Waals surface area (Å²) >= 11 is 12.6. The maximum atomic E-state index is 6.32. The highest BCUT2D eigenvalue weighted by Gasteiger charge is 2.21. The van der Waals surface area contributed by atoms with Crippen LogP contribution in [0.4, 0.5) is 0 Å². The second-order valence-electron chi connectivity index (χ2n) is 5.24. The van der Waals surface area contributed by atoms with Crippen LogP contribution < -0.4 is 0 Å². The largest absolute Gasteiger partial charge is 0.280 e. The van der Waals surface area contributed by atoms with Crippen molar-refractivity contribution in [3.05, 3.63) is 40.3 Å². The molecule has 3 rings (SSSR count). The van der Waals surface area contributed by atoms with Crippen LogP contribution in [-0.4, -0.2) is 19.3 Å². The summed E-state index contributed by atoms with van der Waals surface area (Å²) < 4.78 is 3.85. The van der Waals surface area contributed by atoms with Gasteiger partial charge < -0.3 is 0 Å². The van der Waals surface area contributed by atoms with Crippen molar-refractivity contribution in [1.29, 1.82) is 0 Å². The number of aromatic nitrogens is 4. The Hall–Kier alpha value is -1.52. The molecular weight excluding hydrogens is 307 g/mol. The minimum atomic E-state index is -0.211. The van der Waals surface area contributed by atoms with Crippen molar-refractivity contribution in [3.63, 3.8) is 0 Å². The fourth-order valence-corrected chi connectivity index (χ4v) is 2.85. The van der Waals surface area contributed by atoms with E-state index in [-0.39, 0.29) is 5.38 Å². The molecule has 1 atom stereocenters. The smallest absolute Gasteiger partial charge is 0.163 e. The molecule has 0 N–H and O–H groups in total. The van der Waals surface area contributed by atoms with Crippen molar-refractivity contribution in [2.75, 3.05) is 0 Å². The fourth-order valence-electron chi connectivity index (χ4n) is 2.53. The van der Waals surface area contributed by atoms with Crippen molar-refractivity contribution in [2.24, 2.45) is 7.05 Å². The van der Waals surface area contributed by atoms with Crippen LogP contribution in [0.3, 0.4) is 0 Å². The zero-order valence-corrected chi connectivity index (χ0v) is 13.9. The van der Waals surface area contributed by atoms with Gasteiger partial charge in [-0.2, -0.15) is 5.10 Å². The molecule has 0 aliphatic heterocycles. The molecule has 0 aliphatic carbocycles. The van der Waals surface area contributed by atoms with Gasteiger partial charge in [-0.3, -0.25) is 4.57 Å². The van der Waals surface area contributed by atoms with E-state index in [1.807, 2.05) is 55.3 Å². The zero-order valence-electron chi connectivity index (χ0n) is 12.4. The molecule has 6 heteroatoms. The van der Waals surface area contributed by atoms with Crippen LogP contribution in [0.25, 0.3) is 16.9 Å². The quantitative estimate of drug-likeness (QED) is 0.658. The lowest BCUT2D eigenvalue weighted by Gasteiger charge is -2.12. The highest BCUT2D eigenvalue weighted by Crippen LogP contribution is 2.30. The van der Waals surface area contributed by atoms with Crippen molar-refractivity contribution >= 4 is 34.4 Å². The molecule has 4 nitrogen and oxygen atoms in total. The summed E-state index contributed by atoms with van der Waals surface area (Å²) in [4.78, 5) is 4.67. The van der Waals surface area contributed by atoms with Gasteiger partial charge in [-0.05, 0) is 38.5 Å². The summed E-state index contributed by atoms with van der Waals surface area (Å²) in [5, 5.41) is 4.95. The lowest BCUT2D eigenvalue weighted by molar-refractivity contribution is 0.748. The number of hydrogen-bond donors (Lipinski definition) is 0. The second kappa shape index (κ2) is 5.04. The lowest BCUT2D eigenvalue weighted by atomic mass is 10.2. The number of nitrogens with zero attached hydrogens (tertiary/aromatic N) is 4. The van der Waals surface area contributed by atoms with E-state index in [0.717, 1.165) is 39.0 Å². The molecule has 3 aromatic rings. The monoisotopic (exact) mass is 322 g/mol. The Morgan fingerprint density at radius 1 is 1.24 bits per heavy atom. The first kappa shape index (κ1) is 14.4. The summed E-state index contributed by atoms with van der Waals surface area (Å²) in [5.74, 6) is 0.794. The van der Waals surface area contributed by atoms with Gasteiger partial charge >= 0.3 is 0 Å². The third-order valence-electron chi connectivity index (χ3n) is 3.60. The van der Waals surface area contributed by atoms with Crippen LogP contribution in [0.15, 0.2) is 18.2 Å². The van der Waals surface area contributed by atoms with Crippen LogP contribution in [0.2, 0.25) is 5.02 Å². The summed E-state index contributed by atoms with van der Waals surface area (Å²) in [6.45, 7) is 5.84. The summed E-state index contributed by atoms with van der Waals surface area (Å²) in [7, 11) is 1.91. The van der Waals surface area contributed by atoms with Crippen LogP contribution in [-0.2, 0) is 7.05 Å². The normalized spacial score (nSPS) is 13.0. The Kier molecular flexibility index (Phi) is 3.46. The number of benzene rings is 1. The third kappa shape index (κ3) is 2.23. The van der Waals surface area contributed by atoms with Gasteiger partial charge in [0, 0.05) is 12.1 Å². The predicted molar refractivity (Wildman–Crippen MR) is 86.6 cm³/mol. The van der Waals surface area contributed by atoms with Crippen LogP contribution >= 0.6 is 23.2 Å². The molecule has 0 spiro atoms. The van der Waals surface area contributed by atoms with Crippen molar-refractivity contribution in [3.8, 4) is 5.69 Å². The summed E-state index contributed by atoms with van der Waals surface area (Å²) in [6, 6.07) is 5.95. The highest BCUT2D eigenvalue weighted by atomic mass is 35.5. The Morgan fingerprint density at radius 2 is 1.95 bits per heavy atom. The van der Waals surface area contributed by atoms with Gasteiger partial charge in [-0.1, -0.05) is 17.7 Å². The molecule has 0 saturated heterocycles. The Balaban J connectivity index is 2.38. The van der Waals surface area contributed by atoms with Crippen molar-refractivity contribution in [2.45, 2.75) is 26.1 Å². The maximum Gasteiger partial charge on any atom is 0.163 e. The Morgan fingerprint density at radius 3 is 2.57 bits per heavy atom. The molecule has 0 aliphatic rings. The first-order chi connectivity index (χ1) is 9.90. The van der Waals surface area contributed by atoms with Gasteiger partial charge in [0.05, 0.1) is 16.8 Å². The molecule has 110 valence electrons. The predicted octanol–water partition coefficient (Wildman–Crippen LogP) is 4.33. The number of fused-ring (bicyclic) bond motifs is 1. The van der Waals surface area contributed by atoms with E-state index < -0.39 is 0 Å². The van der Waals surface area contributed by atoms with Crippen molar-refractivity contribution in [1.82, 2.24) is 19.3 Å². The van der Waals surface area contributed by atoms with Gasteiger partial charge in [0.15, 0.2) is 5.65 Å². The number of rotatable bonds is 2. The molecule has 0 amide bonds. The van der Waals surface area contributed by atoms with Gasteiger partial charge in [-0.25, -0.2) is 9.67 Å². The number of aryl methyl sites for hydroxylation is 3. The first-order valence-corrected chi connectivity index (χ1v) is 7.54. The van der Waals surface area contributed by atoms with Crippen LogP contribution in [0, 0.1) is 13.8 Å². The van der Waals surface area contributed by atoms with E-state index in [1.165, 1.54) is 0 Å². The van der Waals surface area contributed by atoms with Crippen LogP contribution in [0.5, 0.6) is 0 Å². The highest BCUT2D eigenvalue weighted by molar-refractivity contribution is 6.31. The third-order valence-corrected chi connectivity index (χ3v) is 4.20. The molecule has 1 unspecified atom stereocenters. The Bertz CT molecular complexity index is 830. The molecule has 21 heavy (non-hydrogen) atoms. The van der Waals surface area contributed by atoms with Gasteiger partial charge in [0.2, 0.25) is 0 Å². The van der Waals surface area contributed by atoms with Gasteiger partial charge in [0.1, 0.15) is 11.3 Å². The number of imidazole rings is 1. The molecule has 2 heterocycles. The fraction of sp³-hybridized carbons (Fsp3) is 0.333. The minimum absolute atomic E-state index is 0.211. The maximum absolute atomic E-state index is 6.32. The molecule has 0 saturated carbocycles. The molecule has 1 aromatic carbocycles. The van der Waals surface area contributed by atoms with Gasteiger partial charge in [-0.15, -0.1) is 11.6 Å². The van der Waals surface area contributed by atoms with E-state index in [4.69, 9.17) is 23.2 Å². The Labute approximate surface area is 133 Å². The minimum Gasteiger partial charge on any atom is -0.280 e. The SMILES string of the molecule is Cc1ccc(-n2c(C(C)Cl)nc3c(C)nn(C)c32)cc1Cl. The summed E-state index contributed by atoms with van der Waals surface area (Å²) in [6.07, 6.45) is 0. The average molecular weight is 323 g/mol. The van der Waals surface area contributed by atoms with E-state index in [2.05, 4.69) is 10.1 Å². The molecule has 0 radical (unpaired) electrons. The van der Waals surface area contributed by atoms with Gasteiger partial charge in [0.25, 0.3) is 0 Å². The number of halogens is 2. The van der Waals surface area contributed by atoms with E-state index in [1.54, 1.807) is 0 Å². The van der Waals surface area contributed by atoms with E-state index >= 15 is 0 Å². The first-order valence-electron chi connectivity index (χ1n) is 6.72. The van der Waals surface area contributed by atoms with Crippen LogP contribution in [0.1, 0.15) is 29.4 Å². The number of hydrogen-bond acceptors (Lipinski definition) is 2. The summed E-state index contributed by atoms with van der Waals surface area (Å²) in [5.41, 5.74) is 4.67. The molecular formula is C15H16Cl2N4. The lowest BCUT2D eigenvalue weighted by Crippen LogP contribution is -2.06. The van der Waals surface area contributed by atoms with Crippen molar-refractivity contribution < 1.29 is 0 Å². The van der Waals surface area contributed by atoms with E-state index in [9.17, 15) is 0 Å². The topological polar surface area (TPSA) is 35.6 Å². The molecule has 0 fully saturated rings. The second-order valence-corrected chi connectivity index (χ2v) is 6.30. The molecule has 0 bridgehead atoms. The van der Waals surface area contributed by atoms with E-state index in [0.29, 0.717) is 0 Å². The average Bonchev–Trinajstić information content (AvgIpc) is 2.93. The zero-order chi connectivity index (χ0) is 15.3.